The van der Waals surface area contributed by atoms with E-state index >= 15 is 0 Å². The number of unbranched alkanes of at least 4 members (excludes halogenated alkanes) is 5. The van der Waals surface area contributed by atoms with E-state index in [1.807, 2.05) is 0 Å². The summed E-state index contributed by atoms with van der Waals surface area (Å²) in [4.78, 5) is 8.00. The van der Waals surface area contributed by atoms with Crippen molar-refractivity contribution in [3.63, 3.8) is 0 Å². The molecular formula is C12H21N3O. The van der Waals surface area contributed by atoms with E-state index in [9.17, 15) is 5.11 Å². The molecule has 0 radical (unpaired) electrons. The summed E-state index contributed by atoms with van der Waals surface area (Å²) in [6, 6.07) is 0. The van der Waals surface area contributed by atoms with Gasteiger partial charge in [-0.1, -0.05) is 39.0 Å². The molecule has 0 aromatic carbocycles. The lowest BCUT2D eigenvalue weighted by atomic mass is 10.1. The third-order valence-electron chi connectivity index (χ3n) is 2.60. The Labute approximate surface area is 96.9 Å². The van der Waals surface area contributed by atoms with Crippen molar-refractivity contribution in [2.45, 2.75) is 51.9 Å². The van der Waals surface area contributed by atoms with Crippen LogP contribution in [-0.4, -0.2) is 15.1 Å². The number of aromatic nitrogens is 2. The van der Waals surface area contributed by atoms with Crippen molar-refractivity contribution in [2.24, 2.45) is 0 Å². The summed E-state index contributed by atoms with van der Waals surface area (Å²) < 4.78 is 0. The van der Waals surface area contributed by atoms with Crippen LogP contribution < -0.4 is 5.73 Å². The minimum Gasteiger partial charge on any atom is -0.492 e. The van der Waals surface area contributed by atoms with Gasteiger partial charge < -0.3 is 10.8 Å². The molecule has 3 N–H and O–H groups in total. The first-order valence-electron chi connectivity index (χ1n) is 6.04. The second-order valence-corrected chi connectivity index (χ2v) is 4.08. The SMILES string of the molecule is CCCCCCCCc1ncc(N)c(O)n1. The number of nitrogen functional groups attached to an aromatic ring is 1. The fourth-order valence-corrected chi connectivity index (χ4v) is 1.60. The van der Waals surface area contributed by atoms with E-state index in [1.165, 1.54) is 38.3 Å². The van der Waals surface area contributed by atoms with Gasteiger partial charge in [-0.05, 0) is 6.42 Å². The summed E-state index contributed by atoms with van der Waals surface area (Å²) in [6.07, 6.45) is 9.74. The second kappa shape index (κ2) is 7.04. The van der Waals surface area contributed by atoms with E-state index in [0.717, 1.165) is 12.8 Å². The van der Waals surface area contributed by atoms with Crippen LogP contribution in [0.3, 0.4) is 0 Å². The van der Waals surface area contributed by atoms with Crippen LogP contribution in [0, 0.1) is 0 Å². The van der Waals surface area contributed by atoms with E-state index in [4.69, 9.17) is 5.73 Å². The van der Waals surface area contributed by atoms with E-state index < -0.39 is 0 Å². The maximum absolute atomic E-state index is 9.30. The quantitative estimate of drug-likeness (QED) is 0.697. The highest BCUT2D eigenvalue weighted by Gasteiger charge is 2.02. The van der Waals surface area contributed by atoms with Crippen LogP contribution >= 0.6 is 0 Å². The number of nitrogens with two attached hydrogens (primary N) is 1. The van der Waals surface area contributed by atoms with Gasteiger partial charge in [0, 0.05) is 6.42 Å². The standard InChI is InChI=1S/C12H21N3O/c1-2-3-4-5-6-7-8-11-14-9-10(13)12(16)15-11/h9H,2-8,13H2,1H3,(H,14,15,16). The summed E-state index contributed by atoms with van der Waals surface area (Å²) in [5.41, 5.74) is 5.67. The summed E-state index contributed by atoms with van der Waals surface area (Å²) in [6.45, 7) is 2.21. The topological polar surface area (TPSA) is 72.0 Å². The number of rotatable bonds is 7. The minimum atomic E-state index is -0.101. The summed E-state index contributed by atoms with van der Waals surface area (Å²) in [5, 5.41) is 9.30. The van der Waals surface area contributed by atoms with Gasteiger partial charge in [0.1, 0.15) is 11.5 Å². The normalized spacial score (nSPS) is 10.6. The molecule has 0 atom stereocenters. The van der Waals surface area contributed by atoms with Crippen molar-refractivity contribution in [1.29, 1.82) is 0 Å². The fourth-order valence-electron chi connectivity index (χ4n) is 1.60. The molecule has 0 aliphatic heterocycles. The molecule has 0 saturated carbocycles. The molecule has 0 unspecified atom stereocenters. The Hall–Kier alpha value is -1.32. The van der Waals surface area contributed by atoms with Crippen molar-refractivity contribution in [1.82, 2.24) is 9.97 Å². The molecule has 1 heterocycles. The van der Waals surface area contributed by atoms with Gasteiger partial charge in [0.15, 0.2) is 0 Å². The van der Waals surface area contributed by atoms with E-state index in [0.29, 0.717) is 5.82 Å². The molecule has 16 heavy (non-hydrogen) atoms. The van der Waals surface area contributed by atoms with Crippen molar-refractivity contribution >= 4 is 5.69 Å². The lowest BCUT2D eigenvalue weighted by Gasteiger charge is -2.02. The molecule has 0 aliphatic rings. The van der Waals surface area contributed by atoms with Crippen LogP contribution in [-0.2, 0) is 6.42 Å². The van der Waals surface area contributed by atoms with Gasteiger partial charge in [-0.2, -0.15) is 4.98 Å². The molecule has 0 aliphatic carbocycles. The third-order valence-corrected chi connectivity index (χ3v) is 2.60. The molecule has 1 rings (SSSR count). The van der Waals surface area contributed by atoms with Gasteiger partial charge in [0.2, 0.25) is 5.88 Å². The third kappa shape index (κ3) is 4.47. The van der Waals surface area contributed by atoms with Crippen LogP contribution in [0.4, 0.5) is 5.69 Å². The lowest BCUT2D eigenvalue weighted by Crippen LogP contribution is -1.98. The van der Waals surface area contributed by atoms with Crippen molar-refractivity contribution in [3.8, 4) is 5.88 Å². The van der Waals surface area contributed by atoms with Crippen molar-refractivity contribution in [2.75, 3.05) is 5.73 Å². The fraction of sp³-hybridized carbons (Fsp3) is 0.667. The van der Waals surface area contributed by atoms with Crippen LogP contribution in [0.15, 0.2) is 6.20 Å². The molecule has 4 heteroatoms. The molecule has 0 amide bonds. The molecule has 90 valence electrons. The Kier molecular flexibility index (Phi) is 5.61. The number of aryl methyl sites for hydroxylation is 1. The second-order valence-electron chi connectivity index (χ2n) is 4.08. The van der Waals surface area contributed by atoms with Crippen LogP contribution in [0.5, 0.6) is 5.88 Å². The Morgan fingerprint density at radius 2 is 1.88 bits per heavy atom. The highest BCUT2D eigenvalue weighted by molar-refractivity contribution is 5.44. The van der Waals surface area contributed by atoms with Crippen molar-refractivity contribution < 1.29 is 5.11 Å². The average Bonchev–Trinajstić information content (AvgIpc) is 2.28. The highest BCUT2D eigenvalue weighted by Crippen LogP contribution is 2.15. The average molecular weight is 223 g/mol. The maximum Gasteiger partial charge on any atom is 0.238 e. The molecule has 1 aromatic heterocycles. The molecule has 4 nitrogen and oxygen atoms in total. The van der Waals surface area contributed by atoms with Gasteiger partial charge in [0.25, 0.3) is 0 Å². The first-order valence-corrected chi connectivity index (χ1v) is 6.04. The van der Waals surface area contributed by atoms with Gasteiger partial charge in [-0.25, -0.2) is 4.98 Å². The first kappa shape index (κ1) is 12.7. The minimum absolute atomic E-state index is 0.101. The lowest BCUT2D eigenvalue weighted by molar-refractivity contribution is 0.451. The monoisotopic (exact) mass is 223 g/mol. The van der Waals surface area contributed by atoms with E-state index in [1.54, 1.807) is 0 Å². The summed E-state index contributed by atoms with van der Waals surface area (Å²) in [7, 11) is 0. The van der Waals surface area contributed by atoms with Crippen LogP contribution in [0.2, 0.25) is 0 Å². The van der Waals surface area contributed by atoms with Crippen molar-refractivity contribution in [3.05, 3.63) is 12.0 Å². The predicted molar refractivity (Wildman–Crippen MR) is 65.2 cm³/mol. The Bertz CT molecular complexity index is 315. The zero-order valence-corrected chi connectivity index (χ0v) is 9.95. The van der Waals surface area contributed by atoms with Crippen LogP contribution in [0.1, 0.15) is 51.3 Å². The number of anilines is 1. The maximum atomic E-state index is 9.30. The molecule has 0 bridgehead atoms. The van der Waals surface area contributed by atoms with Crippen LogP contribution in [0.25, 0.3) is 0 Å². The molecule has 0 spiro atoms. The predicted octanol–water partition coefficient (Wildman–Crippen LogP) is 2.67. The highest BCUT2D eigenvalue weighted by atomic mass is 16.3. The smallest absolute Gasteiger partial charge is 0.238 e. The number of nitrogens with zero attached hydrogens (tertiary/aromatic N) is 2. The van der Waals surface area contributed by atoms with Gasteiger partial charge >= 0.3 is 0 Å². The Morgan fingerprint density at radius 1 is 1.19 bits per heavy atom. The molecule has 1 aromatic rings. The number of hydrogen-bond donors (Lipinski definition) is 2. The van der Waals surface area contributed by atoms with Gasteiger partial charge in [-0.15, -0.1) is 0 Å². The Balaban J connectivity index is 2.19. The zero-order chi connectivity index (χ0) is 11.8. The molecule has 0 saturated heterocycles. The van der Waals surface area contributed by atoms with E-state index in [-0.39, 0.29) is 11.6 Å². The Morgan fingerprint density at radius 3 is 2.56 bits per heavy atom. The van der Waals surface area contributed by atoms with Gasteiger partial charge in [-0.3, -0.25) is 0 Å². The molecular weight excluding hydrogens is 202 g/mol. The summed E-state index contributed by atoms with van der Waals surface area (Å²) >= 11 is 0. The number of aromatic hydroxyl groups is 1. The largest absolute Gasteiger partial charge is 0.492 e. The first-order chi connectivity index (χ1) is 7.74. The summed E-state index contributed by atoms with van der Waals surface area (Å²) in [5.74, 6) is 0.582. The number of hydrogen-bond acceptors (Lipinski definition) is 4. The molecule has 0 fully saturated rings. The zero-order valence-electron chi connectivity index (χ0n) is 9.95. The van der Waals surface area contributed by atoms with Gasteiger partial charge in [0.05, 0.1) is 6.20 Å². The van der Waals surface area contributed by atoms with E-state index in [2.05, 4.69) is 16.9 Å².